The van der Waals surface area contributed by atoms with Gasteiger partial charge in [-0.15, -0.1) is 0 Å². The van der Waals surface area contributed by atoms with Crippen molar-refractivity contribution in [2.24, 2.45) is 0 Å². The van der Waals surface area contributed by atoms with E-state index < -0.39 is 0 Å². The van der Waals surface area contributed by atoms with Crippen molar-refractivity contribution >= 4 is 29.1 Å². The summed E-state index contributed by atoms with van der Waals surface area (Å²) in [5, 5.41) is 11.5. The second kappa shape index (κ2) is 9.24. The van der Waals surface area contributed by atoms with Crippen molar-refractivity contribution in [3.8, 4) is 22.5 Å². The van der Waals surface area contributed by atoms with Crippen LogP contribution in [0.15, 0.2) is 48.5 Å². The van der Waals surface area contributed by atoms with Gasteiger partial charge in [-0.3, -0.25) is 9.89 Å². The number of halogens is 2. The monoisotopic (exact) mass is 417 g/mol. The molecule has 0 saturated carbocycles. The minimum absolute atomic E-state index is 0.00444. The first-order valence-corrected chi connectivity index (χ1v) is 9.68. The zero-order valence-electron chi connectivity index (χ0n) is 15.6. The Morgan fingerprint density at radius 1 is 1.18 bits per heavy atom. The molecule has 1 amide bonds. The molecule has 0 fully saturated rings. The van der Waals surface area contributed by atoms with Gasteiger partial charge in [-0.05, 0) is 42.8 Å². The highest BCUT2D eigenvalue weighted by atomic mass is 35.5. The number of amides is 1. The van der Waals surface area contributed by atoms with Crippen molar-refractivity contribution in [3.05, 3.63) is 64.1 Å². The molecule has 0 bridgehead atoms. The van der Waals surface area contributed by atoms with Crippen molar-refractivity contribution in [1.82, 2.24) is 15.5 Å². The quantitative estimate of drug-likeness (QED) is 0.554. The molecule has 1 heterocycles. The first-order valence-electron chi connectivity index (χ1n) is 8.93. The highest BCUT2D eigenvalue weighted by Gasteiger charge is 2.13. The third-order valence-electron chi connectivity index (χ3n) is 4.44. The molecule has 0 aliphatic rings. The van der Waals surface area contributed by atoms with E-state index in [9.17, 15) is 4.79 Å². The van der Waals surface area contributed by atoms with Crippen molar-refractivity contribution in [1.29, 1.82) is 0 Å². The molecule has 0 aliphatic carbocycles. The third kappa shape index (κ3) is 4.73. The van der Waals surface area contributed by atoms with Crippen LogP contribution in [-0.2, 0) is 4.74 Å². The standard InChI is InChI=1S/C21H21Cl2N3O2/c1-3-16(12-28-2)24-21(27)14-6-4-13(5-7-14)19-11-20(26-25-19)17-9-8-15(22)10-18(17)23/h4-11,16H,3,12H2,1-2H3,(H,24,27)(H,25,26)/t16-/m1/s1. The fourth-order valence-electron chi connectivity index (χ4n) is 2.84. The van der Waals surface area contributed by atoms with E-state index in [1.165, 1.54) is 0 Å². The number of hydrogen-bond donors (Lipinski definition) is 2. The van der Waals surface area contributed by atoms with Crippen molar-refractivity contribution in [2.75, 3.05) is 13.7 Å². The van der Waals surface area contributed by atoms with E-state index >= 15 is 0 Å². The molecule has 0 spiro atoms. The zero-order valence-corrected chi connectivity index (χ0v) is 17.1. The molecule has 1 atom stereocenters. The summed E-state index contributed by atoms with van der Waals surface area (Å²) in [6.45, 7) is 2.50. The van der Waals surface area contributed by atoms with Crippen LogP contribution in [0.4, 0.5) is 0 Å². The van der Waals surface area contributed by atoms with Crippen LogP contribution < -0.4 is 5.32 Å². The molecule has 28 heavy (non-hydrogen) atoms. The van der Waals surface area contributed by atoms with Gasteiger partial charge in [0.1, 0.15) is 0 Å². The van der Waals surface area contributed by atoms with Crippen molar-refractivity contribution < 1.29 is 9.53 Å². The largest absolute Gasteiger partial charge is 0.383 e. The van der Waals surface area contributed by atoms with Gasteiger partial charge in [-0.2, -0.15) is 5.10 Å². The van der Waals surface area contributed by atoms with Gasteiger partial charge in [0.05, 0.1) is 29.1 Å². The summed E-state index contributed by atoms with van der Waals surface area (Å²) in [6.07, 6.45) is 0.807. The van der Waals surface area contributed by atoms with Crippen LogP contribution in [0.5, 0.6) is 0 Å². The average molecular weight is 418 g/mol. The lowest BCUT2D eigenvalue weighted by Crippen LogP contribution is -2.37. The fourth-order valence-corrected chi connectivity index (χ4v) is 3.35. The van der Waals surface area contributed by atoms with E-state index in [0.717, 1.165) is 28.9 Å². The number of hydrogen-bond acceptors (Lipinski definition) is 3. The maximum absolute atomic E-state index is 12.4. The molecule has 1 aromatic heterocycles. The SMILES string of the molecule is CC[C@H](COC)NC(=O)c1ccc(-c2cc(-c3ccc(Cl)cc3Cl)[nH]n2)cc1. The van der Waals surface area contributed by atoms with Gasteiger partial charge in [0.2, 0.25) is 0 Å². The Morgan fingerprint density at radius 2 is 1.93 bits per heavy atom. The Labute approximate surface area is 174 Å². The highest BCUT2D eigenvalue weighted by Crippen LogP contribution is 2.31. The van der Waals surface area contributed by atoms with E-state index in [1.54, 1.807) is 31.4 Å². The van der Waals surface area contributed by atoms with Crippen molar-refractivity contribution in [2.45, 2.75) is 19.4 Å². The van der Waals surface area contributed by atoms with Crippen LogP contribution in [0, 0.1) is 0 Å². The van der Waals surface area contributed by atoms with Crippen LogP contribution in [-0.4, -0.2) is 35.9 Å². The lowest BCUT2D eigenvalue weighted by Gasteiger charge is -2.15. The molecule has 2 N–H and O–H groups in total. The number of aromatic amines is 1. The number of carbonyl (C=O) groups is 1. The topological polar surface area (TPSA) is 67.0 Å². The summed E-state index contributed by atoms with van der Waals surface area (Å²) in [5.41, 5.74) is 3.87. The molecule has 0 aliphatic heterocycles. The van der Waals surface area contributed by atoms with Crippen LogP contribution >= 0.6 is 23.2 Å². The number of nitrogens with zero attached hydrogens (tertiary/aromatic N) is 1. The van der Waals surface area contributed by atoms with Crippen LogP contribution in [0.25, 0.3) is 22.5 Å². The van der Waals surface area contributed by atoms with Gasteiger partial charge in [-0.1, -0.05) is 42.3 Å². The zero-order chi connectivity index (χ0) is 20.1. The molecule has 0 radical (unpaired) electrons. The molecule has 0 unspecified atom stereocenters. The number of benzene rings is 2. The van der Waals surface area contributed by atoms with Gasteiger partial charge >= 0.3 is 0 Å². The van der Waals surface area contributed by atoms with Crippen molar-refractivity contribution in [3.63, 3.8) is 0 Å². The molecule has 2 aromatic carbocycles. The molecule has 5 nitrogen and oxygen atoms in total. The maximum atomic E-state index is 12.4. The maximum Gasteiger partial charge on any atom is 0.251 e. The lowest BCUT2D eigenvalue weighted by atomic mass is 10.1. The third-order valence-corrected chi connectivity index (χ3v) is 4.99. The van der Waals surface area contributed by atoms with Crippen LogP contribution in [0.3, 0.4) is 0 Å². The van der Waals surface area contributed by atoms with E-state index in [-0.39, 0.29) is 11.9 Å². The highest BCUT2D eigenvalue weighted by molar-refractivity contribution is 6.36. The minimum Gasteiger partial charge on any atom is -0.383 e. The number of carbonyl (C=O) groups excluding carboxylic acids is 1. The van der Waals surface area contributed by atoms with Gasteiger partial charge in [0, 0.05) is 28.8 Å². The second-order valence-corrected chi connectivity index (χ2v) is 7.25. The smallest absolute Gasteiger partial charge is 0.251 e. The summed E-state index contributed by atoms with van der Waals surface area (Å²) >= 11 is 12.2. The number of nitrogens with one attached hydrogen (secondary N) is 2. The predicted octanol–water partition coefficient (Wildman–Crippen LogP) is 5.21. The Kier molecular flexibility index (Phi) is 6.73. The van der Waals surface area contributed by atoms with Crippen LogP contribution in [0.1, 0.15) is 23.7 Å². The minimum atomic E-state index is -0.119. The first-order chi connectivity index (χ1) is 13.5. The number of rotatable bonds is 7. The molecule has 146 valence electrons. The second-order valence-electron chi connectivity index (χ2n) is 6.40. The van der Waals surface area contributed by atoms with Gasteiger partial charge in [0.15, 0.2) is 0 Å². The Bertz CT molecular complexity index is 955. The van der Waals surface area contributed by atoms with E-state index in [1.807, 2.05) is 31.2 Å². The molecule has 7 heteroatoms. The lowest BCUT2D eigenvalue weighted by molar-refractivity contribution is 0.0894. The van der Waals surface area contributed by atoms with Gasteiger partial charge in [-0.25, -0.2) is 0 Å². The molecular formula is C21H21Cl2N3O2. The summed E-state index contributed by atoms with van der Waals surface area (Å²) in [6, 6.07) is 14.5. The number of methoxy groups -OCH3 is 1. The Morgan fingerprint density at radius 3 is 2.57 bits per heavy atom. The fraction of sp³-hybridized carbons (Fsp3) is 0.238. The summed E-state index contributed by atoms with van der Waals surface area (Å²) in [4.78, 5) is 12.4. The Hall–Kier alpha value is -2.34. The Balaban J connectivity index is 1.75. The first kappa shape index (κ1) is 20.4. The number of ether oxygens (including phenoxy) is 1. The van der Waals surface area contributed by atoms with Crippen LogP contribution in [0.2, 0.25) is 10.0 Å². The molecular weight excluding hydrogens is 397 g/mol. The predicted molar refractivity (Wildman–Crippen MR) is 113 cm³/mol. The normalized spacial score (nSPS) is 12.0. The van der Waals surface area contributed by atoms with E-state index in [0.29, 0.717) is 22.2 Å². The summed E-state index contributed by atoms with van der Waals surface area (Å²) in [7, 11) is 1.62. The van der Waals surface area contributed by atoms with Gasteiger partial charge < -0.3 is 10.1 Å². The van der Waals surface area contributed by atoms with E-state index in [2.05, 4.69) is 15.5 Å². The van der Waals surface area contributed by atoms with E-state index in [4.69, 9.17) is 27.9 Å². The molecule has 3 aromatic rings. The molecule has 3 rings (SSSR count). The number of aromatic nitrogens is 2. The number of H-pyrrole nitrogens is 1. The average Bonchev–Trinajstić information content (AvgIpc) is 3.17. The summed E-state index contributed by atoms with van der Waals surface area (Å²) < 4.78 is 5.12. The summed E-state index contributed by atoms with van der Waals surface area (Å²) in [5.74, 6) is -0.119. The van der Waals surface area contributed by atoms with Gasteiger partial charge in [0.25, 0.3) is 5.91 Å². The molecule has 0 saturated heterocycles.